The maximum atomic E-state index is 14.8. The van der Waals surface area contributed by atoms with Crippen LogP contribution in [0.1, 0.15) is 29.2 Å². The number of ketones is 1. The number of rotatable bonds is 18. The van der Waals surface area contributed by atoms with Crippen molar-refractivity contribution in [3.05, 3.63) is 168 Å². The quantitative estimate of drug-likeness (QED) is 0.0848. The Bertz CT molecular complexity index is 2170. The van der Waals surface area contributed by atoms with Crippen LogP contribution in [-0.4, -0.2) is 59.5 Å². The molecule has 0 radical (unpaired) electrons. The van der Waals surface area contributed by atoms with Crippen LogP contribution in [0.25, 0.3) is 11.1 Å². The minimum atomic E-state index is -1.52. The predicted octanol–water partition coefficient (Wildman–Crippen LogP) is 3.78. The Morgan fingerprint density at radius 1 is 0.526 bits per heavy atom. The molecule has 0 aliphatic heterocycles. The molecular weight excluding hydrogens is 726 g/mol. The third kappa shape index (κ3) is 12.3. The first kappa shape index (κ1) is 41.2. The van der Waals surface area contributed by atoms with Crippen molar-refractivity contribution in [2.75, 3.05) is 0 Å². The molecule has 12 heteroatoms. The molecule has 0 spiro atoms. The van der Waals surface area contributed by atoms with E-state index in [4.69, 9.17) is 5.73 Å². The van der Waals surface area contributed by atoms with E-state index in [0.29, 0.717) is 5.56 Å². The molecule has 0 heterocycles. The van der Waals surface area contributed by atoms with Crippen molar-refractivity contribution in [3.8, 4) is 11.1 Å². The second kappa shape index (κ2) is 20.1. The minimum Gasteiger partial charge on any atom is -0.368 e. The zero-order chi connectivity index (χ0) is 40.7. The Morgan fingerprint density at radius 2 is 1.02 bits per heavy atom. The maximum absolute atomic E-state index is 14.8. The lowest BCUT2D eigenvalue weighted by molar-refractivity contribution is -0.141. The molecule has 0 aliphatic carbocycles. The van der Waals surface area contributed by atoms with Crippen LogP contribution in [0.15, 0.2) is 140 Å². The van der Waals surface area contributed by atoms with E-state index >= 15 is 0 Å². The number of amides is 5. The highest BCUT2D eigenvalue weighted by Crippen LogP contribution is 2.20. The summed E-state index contributed by atoms with van der Waals surface area (Å²) < 4.78 is 14.8. The third-order valence-electron chi connectivity index (χ3n) is 9.28. The van der Waals surface area contributed by atoms with Crippen LogP contribution in [0.4, 0.5) is 4.39 Å². The van der Waals surface area contributed by atoms with Gasteiger partial charge in [-0.15, -0.1) is 0 Å². The molecule has 4 unspecified atom stereocenters. The normalized spacial score (nSPS) is 12.9. The van der Waals surface area contributed by atoms with Crippen molar-refractivity contribution in [1.82, 2.24) is 21.3 Å². The molecule has 57 heavy (non-hydrogen) atoms. The van der Waals surface area contributed by atoms with Crippen molar-refractivity contribution in [2.45, 2.75) is 56.8 Å². The van der Waals surface area contributed by atoms with Crippen molar-refractivity contribution in [3.63, 3.8) is 0 Å². The van der Waals surface area contributed by atoms with Gasteiger partial charge in [-0.25, -0.2) is 4.39 Å². The van der Waals surface area contributed by atoms with Crippen LogP contribution in [0.3, 0.4) is 0 Å². The van der Waals surface area contributed by atoms with Gasteiger partial charge in [-0.3, -0.25) is 28.8 Å². The fourth-order valence-corrected chi connectivity index (χ4v) is 6.18. The van der Waals surface area contributed by atoms with Gasteiger partial charge in [0.2, 0.25) is 29.4 Å². The molecule has 0 aromatic heterocycles. The van der Waals surface area contributed by atoms with Crippen molar-refractivity contribution < 1.29 is 33.2 Å². The average molecular weight is 770 g/mol. The van der Waals surface area contributed by atoms with Crippen LogP contribution >= 0.6 is 0 Å². The minimum absolute atomic E-state index is 0.0128. The highest BCUT2D eigenvalue weighted by Gasteiger charge is 2.32. The molecular formula is C45H44FN5O6. The van der Waals surface area contributed by atoms with Crippen molar-refractivity contribution >= 4 is 35.3 Å². The first-order valence-electron chi connectivity index (χ1n) is 18.5. The van der Waals surface area contributed by atoms with Gasteiger partial charge in [0.25, 0.3) is 5.91 Å². The van der Waals surface area contributed by atoms with E-state index in [0.717, 1.165) is 22.3 Å². The Labute approximate surface area is 330 Å². The number of halogens is 1. The van der Waals surface area contributed by atoms with Crippen LogP contribution in [0, 0.1) is 5.82 Å². The summed E-state index contributed by atoms with van der Waals surface area (Å²) in [5, 5.41) is 10.2. The number of benzene rings is 5. The second-order valence-corrected chi connectivity index (χ2v) is 13.6. The largest absolute Gasteiger partial charge is 0.368 e. The average Bonchev–Trinajstić information content (AvgIpc) is 3.21. The highest BCUT2D eigenvalue weighted by atomic mass is 19.1. The van der Waals surface area contributed by atoms with Crippen molar-refractivity contribution in [2.24, 2.45) is 5.73 Å². The summed E-state index contributed by atoms with van der Waals surface area (Å²) in [6.07, 6.45) is -0.241. The molecule has 0 fully saturated rings. The Kier molecular flexibility index (Phi) is 14.5. The Hall–Kier alpha value is -6.95. The monoisotopic (exact) mass is 769 g/mol. The van der Waals surface area contributed by atoms with E-state index in [2.05, 4.69) is 21.3 Å². The van der Waals surface area contributed by atoms with Gasteiger partial charge < -0.3 is 27.0 Å². The smallest absolute Gasteiger partial charge is 0.290 e. The fourth-order valence-electron chi connectivity index (χ4n) is 6.18. The molecule has 5 rings (SSSR count). The summed E-state index contributed by atoms with van der Waals surface area (Å²) in [6, 6.07) is 35.3. The van der Waals surface area contributed by atoms with E-state index in [1.165, 1.54) is 25.1 Å². The highest BCUT2D eigenvalue weighted by molar-refractivity contribution is 6.38. The van der Waals surface area contributed by atoms with Gasteiger partial charge in [0.15, 0.2) is 0 Å². The summed E-state index contributed by atoms with van der Waals surface area (Å²) >= 11 is 0. The maximum Gasteiger partial charge on any atom is 0.290 e. The number of nitrogens with two attached hydrogens (primary N) is 1. The number of hydrogen-bond donors (Lipinski definition) is 5. The molecule has 0 bridgehead atoms. The summed E-state index contributed by atoms with van der Waals surface area (Å²) in [5.74, 6) is -5.86. The van der Waals surface area contributed by atoms with Crippen LogP contribution in [0.5, 0.6) is 0 Å². The first-order valence-corrected chi connectivity index (χ1v) is 18.5. The summed E-state index contributed by atoms with van der Waals surface area (Å²) in [7, 11) is 0. The zero-order valence-electron chi connectivity index (χ0n) is 31.3. The molecule has 4 atom stereocenters. The Balaban J connectivity index is 1.27. The molecule has 292 valence electrons. The number of Topliss-reactive ketones (excluding diaryl/α,β-unsaturated/α-hetero) is 1. The van der Waals surface area contributed by atoms with E-state index < -0.39 is 65.3 Å². The van der Waals surface area contributed by atoms with E-state index in [9.17, 15) is 33.2 Å². The number of primary amides is 1. The van der Waals surface area contributed by atoms with Gasteiger partial charge in [-0.2, -0.15) is 0 Å². The SMILES string of the molecule is CC(NC(=O)C(Cc1ccccc1)NC(=O)Cc1ccccc1)C(=O)C(=O)NC(Cc1ccccc1F)C(=O)NC(Cc1ccc(-c2ccccc2)cc1)C(N)=O. The van der Waals surface area contributed by atoms with E-state index in [1.807, 2.05) is 54.6 Å². The molecule has 0 saturated carbocycles. The lowest BCUT2D eigenvalue weighted by Gasteiger charge is -2.24. The first-order chi connectivity index (χ1) is 27.5. The van der Waals surface area contributed by atoms with Gasteiger partial charge in [-0.05, 0) is 46.4 Å². The lowest BCUT2D eigenvalue weighted by Crippen LogP contribution is -2.57. The van der Waals surface area contributed by atoms with Crippen molar-refractivity contribution in [1.29, 1.82) is 0 Å². The molecule has 6 N–H and O–H groups in total. The number of hydrogen-bond acceptors (Lipinski definition) is 6. The van der Waals surface area contributed by atoms with Gasteiger partial charge in [0, 0.05) is 19.3 Å². The predicted molar refractivity (Wildman–Crippen MR) is 214 cm³/mol. The van der Waals surface area contributed by atoms with Crippen LogP contribution in [-0.2, 0) is 54.5 Å². The number of carbonyl (C=O) groups is 6. The van der Waals surface area contributed by atoms with Gasteiger partial charge in [0.05, 0.1) is 12.5 Å². The molecule has 5 aromatic carbocycles. The second-order valence-electron chi connectivity index (χ2n) is 13.6. The number of nitrogens with one attached hydrogen (secondary N) is 4. The zero-order valence-corrected chi connectivity index (χ0v) is 31.3. The summed E-state index contributed by atoms with van der Waals surface area (Å²) in [6.45, 7) is 1.29. The summed E-state index contributed by atoms with van der Waals surface area (Å²) in [5.41, 5.74) is 9.87. The van der Waals surface area contributed by atoms with Crippen LogP contribution < -0.4 is 27.0 Å². The number of carbonyl (C=O) groups excluding carboxylic acids is 6. The standard InChI is InChI=1S/C45H44FN5O6/c1-29(48-43(55)38(26-30-13-5-2-6-14-30)49-40(52)27-31-15-7-3-8-16-31)41(53)45(57)51-39(28-35-19-11-12-20-36(35)46)44(56)50-37(42(47)54)25-32-21-23-34(24-22-32)33-17-9-4-10-18-33/h2-24,29,37-39H,25-28H2,1H3,(H2,47,54)(H,48,55)(H,49,52)(H,50,56)(H,51,57). The molecule has 5 aromatic rings. The topological polar surface area (TPSA) is 177 Å². The lowest BCUT2D eigenvalue weighted by atomic mass is 9.99. The molecule has 0 aliphatic rings. The van der Waals surface area contributed by atoms with E-state index in [-0.39, 0.29) is 31.2 Å². The molecule has 11 nitrogen and oxygen atoms in total. The third-order valence-corrected chi connectivity index (χ3v) is 9.28. The van der Waals surface area contributed by atoms with Gasteiger partial charge >= 0.3 is 0 Å². The Morgan fingerprint density at radius 3 is 1.63 bits per heavy atom. The van der Waals surface area contributed by atoms with Gasteiger partial charge in [-0.1, -0.05) is 133 Å². The van der Waals surface area contributed by atoms with Crippen LogP contribution in [0.2, 0.25) is 0 Å². The van der Waals surface area contributed by atoms with E-state index in [1.54, 1.807) is 66.7 Å². The van der Waals surface area contributed by atoms with Gasteiger partial charge in [0.1, 0.15) is 23.9 Å². The summed E-state index contributed by atoms with van der Waals surface area (Å²) in [4.78, 5) is 79.6. The molecule has 5 amide bonds. The fraction of sp³-hybridized carbons (Fsp3) is 0.200. The molecule has 0 saturated heterocycles.